The van der Waals surface area contributed by atoms with Gasteiger partial charge in [-0.05, 0) is 0 Å². The van der Waals surface area contributed by atoms with Gasteiger partial charge in [0.1, 0.15) is 5.56 Å². The molecule has 1 aromatic carbocycles. The number of methoxy groups -OCH3 is 2. The van der Waals surface area contributed by atoms with E-state index >= 15 is 0 Å². The van der Waals surface area contributed by atoms with Crippen molar-refractivity contribution in [2.75, 3.05) is 20.8 Å². The number of nitrogens with zero attached hydrogens (tertiary/aromatic N) is 1. The lowest BCUT2D eigenvalue weighted by atomic mass is 10.1. The van der Waals surface area contributed by atoms with Crippen LogP contribution in [0.1, 0.15) is 10.4 Å². The fourth-order valence-electron chi connectivity index (χ4n) is 1.46. The van der Waals surface area contributed by atoms with Gasteiger partial charge < -0.3 is 14.8 Å². The zero-order chi connectivity index (χ0) is 14.4. The lowest BCUT2D eigenvalue weighted by molar-refractivity contribution is -0.385. The van der Waals surface area contributed by atoms with Gasteiger partial charge in [-0.3, -0.25) is 14.9 Å². The van der Waals surface area contributed by atoms with Crippen molar-refractivity contribution in [2.24, 2.45) is 0 Å². The van der Waals surface area contributed by atoms with Crippen LogP contribution in [0.4, 0.5) is 5.69 Å². The fourth-order valence-corrected chi connectivity index (χ4v) is 1.46. The number of rotatable bonds is 6. The van der Waals surface area contributed by atoms with Crippen LogP contribution in [-0.4, -0.2) is 31.6 Å². The van der Waals surface area contributed by atoms with E-state index in [1.807, 2.05) is 0 Å². The van der Waals surface area contributed by atoms with Crippen LogP contribution < -0.4 is 14.8 Å². The average molecular weight is 266 g/mol. The second-order valence-corrected chi connectivity index (χ2v) is 3.48. The number of nitrogens with one attached hydrogen (secondary N) is 1. The molecule has 0 heterocycles. The standard InChI is InChI=1S/C12H14N2O5/c1-4-5-13-12(15)8-6-10(18-2)11(19-3)7-9(8)14(16)17/h4,6-7H,1,5H2,2-3H3,(H,13,15). The SMILES string of the molecule is C=CCNC(=O)c1cc(OC)c(OC)cc1[N+](=O)[O-]. The summed E-state index contributed by atoms with van der Waals surface area (Å²) in [7, 11) is 2.74. The Labute approximate surface area is 110 Å². The number of hydrogen-bond acceptors (Lipinski definition) is 5. The second kappa shape index (κ2) is 6.39. The van der Waals surface area contributed by atoms with Crippen molar-refractivity contribution in [3.05, 3.63) is 40.5 Å². The largest absolute Gasteiger partial charge is 0.493 e. The van der Waals surface area contributed by atoms with E-state index in [-0.39, 0.29) is 29.3 Å². The maximum Gasteiger partial charge on any atom is 0.286 e. The Balaban J connectivity index is 3.30. The second-order valence-electron chi connectivity index (χ2n) is 3.48. The highest BCUT2D eigenvalue weighted by molar-refractivity contribution is 5.99. The monoisotopic (exact) mass is 266 g/mol. The third-order valence-electron chi connectivity index (χ3n) is 2.35. The van der Waals surface area contributed by atoms with Crippen molar-refractivity contribution in [2.45, 2.75) is 0 Å². The summed E-state index contributed by atoms with van der Waals surface area (Å²) in [4.78, 5) is 22.2. The molecule has 0 aliphatic heterocycles. The molecule has 0 unspecified atom stereocenters. The Bertz CT molecular complexity index is 513. The van der Waals surface area contributed by atoms with E-state index in [0.29, 0.717) is 0 Å². The molecule has 0 spiro atoms. The van der Waals surface area contributed by atoms with Crippen LogP contribution in [-0.2, 0) is 0 Å². The summed E-state index contributed by atoms with van der Waals surface area (Å²) in [5, 5.41) is 13.5. The summed E-state index contributed by atoms with van der Waals surface area (Å²) in [5.74, 6) is -0.140. The molecule has 1 amide bonds. The molecule has 1 N–H and O–H groups in total. The van der Waals surface area contributed by atoms with Crippen molar-refractivity contribution < 1.29 is 19.2 Å². The van der Waals surface area contributed by atoms with Gasteiger partial charge in [0.05, 0.1) is 25.2 Å². The molecular weight excluding hydrogens is 252 g/mol. The van der Waals surface area contributed by atoms with Gasteiger partial charge in [-0.2, -0.15) is 0 Å². The van der Waals surface area contributed by atoms with Gasteiger partial charge in [-0.1, -0.05) is 6.08 Å². The molecule has 0 saturated carbocycles. The van der Waals surface area contributed by atoms with Gasteiger partial charge >= 0.3 is 0 Å². The highest BCUT2D eigenvalue weighted by atomic mass is 16.6. The number of benzene rings is 1. The quantitative estimate of drug-likeness (QED) is 0.479. The normalized spacial score (nSPS) is 9.58. The number of amides is 1. The zero-order valence-electron chi connectivity index (χ0n) is 10.6. The first-order valence-corrected chi connectivity index (χ1v) is 5.34. The number of carbonyl (C=O) groups is 1. The van der Waals surface area contributed by atoms with Crippen LogP contribution in [0.3, 0.4) is 0 Å². The van der Waals surface area contributed by atoms with Gasteiger partial charge in [-0.25, -0.2) is 0 Å². The van der Waals surface area contributed by atoms with Crippen LogP contribution in [0.25, 0.3) is 0 Å². The Morgan fingerprint density at radius 1 is 1.42 bits per heavy atom. The maximum atomic E-state index is 11.8. The minimum absolute atomic E-state index is 0.0931. The first-order chi connectivity index (χ1) is 9.04. The van der Waals surface area contributed by atoms with Gasteiger partial charge in [0.15, 0.2) is 11.5 Å². The smallest absolute Gasteiger partial charge is 0.286 e. The van der Waals surface area contributed by atoms with Crippen LogP contribution in [0, 0.1) is 10.1 Å². The summed E-state index contributed by atoms with van der Waals surface area (Å²) in [6, 6.07) is 2.43. The van der Waals surface area contributed by atoms with Crippen LogP contribution >= 0.6 is 0 Å². The molecule has 0 aromatic heterocycles. The number of ether oxygens (including phenoxy) is 2. The molecule has 0 aliphatic carbocycles. The van der Waals surface area contributed by atoms with Crippen LogP contribution in [0.15, 0.2) is 24.8 Å². The van der Waals surface area contributed by atoms with Gasteiger partial charge in [-0.15, -0.1) is 6.58 Å². The predicted octanol–water partition coefficient (Wildman–Crippen LogP) is 1.53. The Hall–Kier alpha value is -2.57. The van der Waals surface area contributed by atoms with Crippen molar-refractivity contribution >= 4 is 11.6 Å². The lowest BCUT2D eigenvalue weighted by Gasteiger charge is -2.10. The number of nitro benzene ring substituents is 1. The third-order valence-corrected chi connectivity index (χ3v) is 2.35. The van der Waals surface area contributed by atoms with Gasteiger partial charge in [0.2, 0.25) is 0 Å². The van der Waals surface area contributed by atoms with E-state index in [2.05, 4.69) is 11.9 Å². The van der Waals surface area contributed by atoms with E-state index in [1.54, 1.807) is 0 Å². The van der Waals surface area contributed by atoms with E-state index in [0.717, 1.165) is 6.07 Å². The van der Waals surface area contributed by atoms with Crippen LogP contribution in [0.2, 0.25) is 0 Å². The highest BCUT2D eigenvalue weighted by Gasteiger charge is 2.24. The van der Waals surface area contributed by atoms with E-state index in [9.17, 15) is 14.9 Å². The zero-order valence-corrected chi connectivity index (χ0v) is 10.6. The highest BCUT2D eigenvalue weighted by Crippen LogP contribution is 2.34. The summed E-state index contributed by atoms with van der Waals surface area (Å²) in [6.45, 7) is 3.66. The minimum atomic E-state index is -0.648. The molecule has 7 nitrogen and oxygen atoms in total. The van der Waals surface area contributed by atoms with Crippen molar-refractivity contribution in [3.8, 4) is 11.5 Å². The van der Waals surface area contributed by atoms with E-state index in [4.69, 9.17) is 9.47 Å². The van der Waals surface area contributed by atoms with Crippen LogP contribution in [0.5, 0.6) is 11.5 Å². The molecule has 0 bridgehead atoms. The Morgan fingerprint density at radius 2 is 2.00 bits per heavy atom. The molecule has 19 heavy (non-hydrogen) atoms. The molecule has 0 fully saturated rings. The summed E-state index contributed by atoms with van der Waals surface area (Å²) in [6.07, 6.45) is 1.48. The lowest BCUT2D eigenvalue weighted by Crippen LogP contribution is -2.24. The van der Waals surface area contributed by atoms with Gasteiger partial charge in [0.25, 0.3) is 11.6 Å². The molecule has 102 valence electrons. The Kier molecular flexibility index (Phi) is 4.87. The first kappa shape index (κ1) is 14.5. The number of nitro groups is 1. The third kappa shape index (κ3) is 3.21. The summed E-state index contributed by atoms with van der Waals surface area (Å²) in [5.41, 5.74) is -0.441. The van der Waals surface area contributed by atoms with E-state index in [1.165, 1.54) is 26.4 Å². The molecule has 0 radical (unpaired) electrons. The predicted molar refractivity (Wildman–Crippen MR) is 68.7 cm³/mol. The average Bonchev–Trinajstić information content (AvgIpc) is 2.42. The summed E-state index contributed by atoms with van der Waals surface area (Å²) < 4.78 is 9.98. The molecule has 7 heteroatoms. The number of carbonyl (C=O) groups excluding carboxylic acids is 1. The van der Waals surface area contributed by atoms with Crippen molar-refractivity contribution in [1.29, 1.82) is 0 Å². The van der Waals surface area contributed by atoms with E-state index < -0.39 is 10.8 Å². The first-order valence-electron chi connectivity index (χ1n) is 5.34. The minimum Gasteiger partial charge on any atom is -0.493 e. The van der Waals surface area contributed by atoms with Crippen molar-refractivity contribution in [1.82, 2.24) is 5.32 Å². The fraction of sp³-hybridized carbons (Fsp3) is 0.250. The topological polar surface area (TPSA) is 90.7 Å². The molecule has 1 aromatic rings. The molecule has 0 atom stereocenters. The Morgan fingerprint density at radius 3 is 2.47 bits per heavy atom. The molecule has 1 rings (SSSR count). The number of hydrogen-bond donors (Lipinski definition) is 1. The summed E-state index contributed by atoms with van der Waals surface area (Å²) >= 11 is 0. The molecular formula is C12H14N2O5. The van der Waals surface area contributed by atoms with Crippen molar-refractivity contribution in [3.63, 3.8) is 0 Å². The maximum absolute atomic E-state index is 11.8. The molecule has 0 aliphatic rings. The molecule has 0 saturated heterocycles. The van der Waals surface area contributed by atoms with Gasteiger partial charge in [0, 0.05) is 12.6 Å².